The molecular formula is C24H21N3O5S. The molecule has 0 unspecified atom stereocenters. The molecule has 0 aliphatic heterocycles. The van der Waals surface area contributed by atoms with Gasteiger partial charge in [0, 0.05) is 22.8 Å². The number of ether oxygens (including phenoxy) is 2. The first-order valence-electron chi connectivity index (χ1n) is 10.2. The van der Waals surface area contributed by atoms with Crippen LogP contribution in [0.2, 0.25) is 0 Å². The Bertz CT molecular complexity index is 1360. The number of anilines is 1. The monoisotopic (exact) mass is 463 g/mol. The number of amides is 1. The number of aryl methyl sites for hydroxylation is 1. The molecule has 0 aliphatic rings. The molecule has 8 nitrogen and oxygen atoms in total. The Morgan fingerprint density at radius 2 is 1.91 bits per heavy atom. The Kier molecular flexibility index (Phi) is 6.50. The number of esters is 1. The van der Waals surface area contributed by atoms with Gasteiger partial charge in [0.15, 0.2) is 11.1 Å². The van der Waals surface area contributed by atoms with E-state index in [0.717, 1.165) is 4.88 Å². The molecule has 33 heavy (non-hydrogen) atoms. The van der Waals surface area contributed by atoms with E-state index in [1.165, 1.54) is 27.9 Å². The van der Waals surface area contributed by atoms with Crippen LogP contribution in [-0.4, -0.2) is 27.4 Å². The van der Waals surface area contributed by atoms with E-state index in [1.807, 2.05) is 25.1 Å². The summed E-state index contributed by atoms with van der Waals surface area (Å²) >= 11 is 1.38. The molecule has 0 saturated heterocycles. The SMILES string of the molecule is Cc1cn2c(=O)cc(COC(=O)c3cccc(NC(=O)[C@H](C)Oc4ccccc4)c3)nc2s1. The predicted octanol–water partition coefficient (Wildman–Crippen LogP) is 3.83. The maximum Gasteiger partial charge on any atom is 0.338 e. The van der Waals surface area contributed by atoms with Crippen LogP contribution in [0.15, 0.2) is 71.7 Å². The Labute approximate surface area is 193 Å². The number of thiazole rings is 1. The zero-order chi connectivity index (χ0) is 23.4. The van der Waals surface area contributed by atoms with Crippen LogP contribution in [0.25, 0.3) is 4.96 Å². The van der Waals surface area contributed by atoms with Crippen LogP contribution in [0.4, 0.5) is 5.69 Å². The lowest BCUT2D eigenvalue weighted by molar-refractivity contribution is -0.122. The van der Waals surface area contributed by atoms with Crippen LogP contribution >= 0.6 is 11.3 Å². The van der Waals surface area contributed by atoms with Crippen molar-refractivity contribution in [3.63, 3.8) is 0 Å². The summed E-state index contributed by atoms with van der Waals surface area (Å²) in [6.07, 6.45) is 0.987. The standard InChI is InChI=1S/C24H21N3O5S/c1-15-13-27-21(28)12-19(26-24(27)33-15)14-31-23(30)17-7-6-8-18(11-17)25-22(29)16(2)32-20-9-4-3-5-10-20/h3-13,16H,14H2,1-2H3,(H,25,29)/t16-/m0/s1. The van der Waals surface area contributed by atoms with Gasteiger partial charge >= 0.3 is 5.97 Å². The number of rotatable bonds is 7. The number of carbonyl (C=O) groups is 2. The topological polar surface area (TPSA) is 99.0 Å². The number of para-hydroxylation sites is 1. The van der Waals surface area contributed by atoms with Crippen LogP contribution in [0.3, 0.4) is 0 Å². The number of hydrogen-bond acceptors (Lipinski definition) is 7. The number of fused-ring (bicyclic) bond motifs is 1. The van der Waals surface area contributed by atoms with Crippen LogP contribution < -0.4 is 15.6 Å². The van der Waals surface area contributed by atoms with Gasteiger partial charge in [-0.25, -0.2) is 9.78 Å². The van der Waals surface area contributed by atoms with Gasteiger partial charge in [-0.1, -0.05) is 24.3 Å². The van der Waals surface area contributed by atoms with Gasteiger partial charge in [-0.15, -0.1) is 11.3 Å². The molecule has 0 fully saturated rings. The lowest BCUT2D eigenvalue weighted by atomic mass is 10.2. The fraction of sp³-hybridized carbons (Fsp3) is 0.167. The average molecular weight is 464 g/mol. The van der Waals surface area contributed by atoms with E-state index in [1.54, 1.807) is 43.5 Å². The smallest absolute Gasteiger partial charge is 0.338 e. The Hall–Kier alpha value is -3.98. The lowest BCUT2D eigenvalue weighted by Crippen LogP contribution is -2.30. The summed E-state index contributed by atoms with van der Waals surface area (Å²) in [5.74, 6) is -0.362. The van der Waals surface area contributed by atoms with E-state index in [-0.39, 0.29) is 23.6 Å². The van der Waals surface area contributed by atoms with E-state index in [0.29, 0.717) is 22.1 Å². The number of nitrogens with one attached hydrogen (secondary N) is 1. The summed E-state index contributed by atoms with van der Waals surface area (Å²) in [6.45, 7) is 3.39. The first-order chi connectivity index (χ1) is 15.9. The number of aromatic nitrogens is 2. The van der Waals surface area contributed by atoms with Gasteiger partial charge in [-0.05, 0) is 44.2 Å². The van der Waals surface area contributed by atoms with E-state index in [9.17, 15) is 14.4 Å². The molecule has 1 N–H and O–H groups in total. The van der Waals surface area contributed by atoms with Crippen molar-refractivity contribution in [1.29, 1.82) is 0 Å². The maximum absolute atomic E-state index is 12.5. The van der Waals surface area contributed by atoms with Gasteiger partial charge in [0.1, 0.15) is 12.4 Å². The molecule has 1 atom stereocenters. The molecule has 0 spiro atoms. The van der Waals surface area contributed by atoms with Crippen LogP contribution in [-0.2, 0) is 16.1 Å². The number of nitrogens with zero attached hydrogens (tertiary/aromatic N) is 2. The van der Waals surface area contributed by atoms with Gasteiger partial charge in [0.2, 0.25) is 0 Å². The van der Waals surface area contributed by atoms with Gasteiger partial charge in [0.25, 0.3) is 11.5 Å². The van der Waals surface area contributed by atoms with Crippen molar-refractivity contribution in [2.45, 2.75) is 26.6 Å². The Balaban J connectivity index is 1.38. The normalized spacial score (nSPS) is 11.7. The number of benzene rings is 2. The predicted molar refractivity (Wildman–Crippen MR) is 125 cm³/mol. The average Bonchev–Trinajstić information content (AvgIpc) is 3.19. The van der Waals surface area contributed by atoms with Crippen LogP contribution in [0.1, 0.15) is 27.9 Å². The number of carbonyl (C=O) groups excluding carboxylic acids is 2. The van der Waals surface area contributed by atoms with Gasteiger partial charge in [-0.3, -0.25) is 14.0 Å². The first-order valence-corrected chi connectivity index (χ1v) is 11.0. The summed E-state index contributed by atoms with van der Waals surface area (Å²) in [4.78, 5) is 43.0. The van der Waals surface area contributed by atoms with E-state index in [4.69, 9.17) is 9.47 Å². The van der Waals surface area contributed by atoms with Crippen LogP contribution in [0, 0.1) is 6.92 Å². The highest BCUT2D eigenvalue weighted by Gasteiger charge is 2.16. The summed E-state index contributed by atoms with van der Waals surface area (Å²) in [5, 5.41) is 2.73. The molecule has 2 heterocycles. The quantitative estimate of drug-likeness (QED) is 0.418. The molecule has 0 radical (unpaired) electrons. The van der Waals surface area contributed by atoms with E-state index >= 15 is 0 Å². The second-order valence-electron chi connectivity index (χ2n) is 7.30. The minimum absolute atomic E-state index is 0.139. The third-order valence-electron chi connectivity index (χ3n) is 4.68. The van der Waals surface area contributed by atoms with Crippen molar-refractivity contribution >= 4 is 33.9 Å². The molecule has 2 aromatic carbocycles. The van der Waals surface area contributed by atoms with Gasteiger partial charge < -0.3 is 14.8 Å². The van der Waals surface area contributed by atoms with E-state index < -0.39 is 12.1 Å². The maximum atomic E-state index is 12.5. The fourth-order valence-electron chi connectivity index (χ4n) is 3.08. The zero-order valence-electron chi connectivity index (χ0n) is 18.0. The molecule has 168 valence electrons. The molecule has 0 saturated carbocycles. The minimum atomic E-state index is -0.732. The molecule has 4 aromatic rings. The summed E-state index contributed by atoms with van der Waals surface area (Å²) in [5.41, 5.74) is 0.831. The Morgan fingerprint density at radius 1 is 1.12 bits per heavy atom. The van der Waals surface area contributed by atoms with Crippen molar-refractivity contribution in [2.75, 3.05) is 5.32 Å². The summed E-state index contributed by atoms with van der Waals surface area (Å²) < 4.78 is 12.4. The van der Waals surface area contributed by atoms with Gasteiger partial charge in [-0.2, -0.15) is 0 Å². The molecule has 1 amide bonds. The van der Waals surface area contributed by atoms with Gasteiger partial charge in [0.05, 0.1) is 11.3 Å². The lowest BCUT2D eigenvalue weighted by Gasteiger charge is -2.15. The molecule has 2 aromatic heterocycles. The van der Waals surface area contributed by atoms with Crippen LogP contribution in [0.5, 0.6) is 5.75 Å². The summed E-state index contributed by atoms with van der Waals surface area (Å²) in [7, 11) is 0. The van der Waals surface area contributed by atoms with E-state index in [2.05, 4.69) is 10.3 Å². The zero-order valence-corrected chi connectivity index (χ0v) is 18.8. The van der Waals surface area contributed by atoms with Crippen molar-refractivity contribution in [3.8, 4) is 5.75 Å². The van der Waals surface area contributed by atoms with Crippen molar-refractivity contribution in [1.82, 2.24) is 9.38 Å². The summed E-state index contributed by atoms with van der Waals surface area (Å²) in [6, 6.07) is 16.8. The second-order valence-corrected chi connectivity index (χ2v) is 8.51. The molecule has 0 aliphatic carbocycles. The molecule has 4 rings (SSSR count). The Morgan fingerprint density at radius 3 is 2.70 bits per heavy atom. The third kappa shape index (κ3) is 5.45. The van der Waals surface area contributed by atoms with Crippen molar-refractivity contribution < 1.29 is 19.1 Å². The van der Waals surface area contributed by atoms with Crippen molar-refractivity contribution in [3.05, 3.63) is 93.3 Å². The molecule has 0 bridgehead atoms. The first kappa shape index (κ1) is 22.2. The minimum Gasteiger partial charge on any atom is -0.481 e. The third-order valence-corrected chi connectivity index (χ3v) is 5.58. The fourth-order valence-corrected chi connectivity index (χ4v) is 3.93. The highest BCUT2D eigenvalue weighted by molar-refractivity contribution is 7.16. The largest absolute Gasteiger partial charge is 0.481 e. The molecular weight excluding hydrogens is 442 g/mol. The highest BCUT2D eigenvalue weighted by Crippen LogP contribution is 2.16. The molecule has 9 heteroatoms. The second kappa shape index (κ2) is 9.66. The highest BCUT2D eigenvalue weighted by atomic mass is 32.1. The number of hydrogen-bond donors (Lipinski definition) is 1. The van der Waals surface area contributed by atoms with Crippen molar-refractivity contribution in [2.24, 2.45) is 0 Å².